The number of benzene rings is 1. The lowest BCUT2D eigenvalue weighted by Crippen LogP contribution is -2.43. The van der Waals surface area contributed by atoms with Crippen LogP contribution in [0.4, 0.5) is 33.5 Å². The molecule has 4 aliphatic heterocycles. The summed E-state index contributed by atoms with van der Waals surface area (Å²) in [6, 6.07) is 2.55. The Hall–Kier alpha value is -4.02. The van der Waals surface area contributed by atoms with E-state index in [1.165, 1.54) is 23.8 Å². The Kier molecular flexibility index (Phi) is 11.2. The van der Waals surface area contributed by atoms with E-state index in [1.807, 2.05) is 4.90 Å². The number of amides is 1. The van der Waals surface area contributed by atoms with Crippen molar-refractivity contribution in [2.45, 2.75) is 76.3 Å². The number of hydrogen-bond donors (Lipinski definition) is 2. The van der Waals surface area contributed by atoms with E-state index < -0.39 is 28.9 Å². The fourth-order valence-electron chi connectivity index (χ4n) is 8.24. The second kappa shape index (κ2) is 15.3. The molecule has 5 heterocycles. The number of nitrogens with zero attached hydrogens (tertiary/aromatic N) is 6. The van der Waals surface area contributed by atoms with Crippen LogP contribution in [0.2, 0.25) is 5.02 Å². The van der Waals surface area contributed by atoms with Crippen molar-refractivity contribution in [2.24, 2.45) is 16.1 Å². The van der Waals surface area contributed by atoms with Gasteiger partial charge in [-0.05, 0) is 81.7 Å². The fraction of sp³-hybridized carbons (Fsp3) is 0.568. The molecule has 2 atom stereocenters. The molecule has 1 aromatic carbocycles. The van der Waals surface area contributed by atoms with Crippen LogP contribution in [0.1, 0.15) is 73.9 Å². The van der Waals surface area contributed by atoms with Gasteiger partial charge in [-0.2, -0.15) is 31.9 Å². The van der Waals surface area contributed by atoms with E-state index in [9.17, 15) is 26.7 Å². The van der Waals surface area contributed by atoms with Crippen LogP contribution in [0.25, 0.3) is 0 Å². The number of likely N-dealkylation sites (N-methyl/N-ethyl adjacent to an activating group) is 1. The molecule has 7 rings (SSSR count). The summed E-state index contributed by atoms with van der Waals surface area (Å²) in [5, 5.41) is -0.480. The minimum atomic E-state index is -4.72. The van der Waals surface area contributed by atoms with E-state index >= 15 is 0 Å². The van der Waals surface area contributed by atoms with E-state index in [1.54, 1.807) is 21.0 Å². The number of nitrogen functional groups attached to an aromatic ring is 1. The third-order valence-corrected chi connectivity index (χ3v) is 11.3. The number of carbonyl (C=O) groups is 1. The molecular weight excluding hydrogens is 735 g/mol. The molecule has 2 unspecified atom stereocenters. The minimum Gasteiger partial charge on any atom is -0.461 e. The number of fused-ring (bicyclic) bond motifs is 2. The number of aliphatic imine (C=N–C) groups is 1. The lowest BCUT2D eigenvalue weighted by atomic mass is 9.89. The zero-order valence-electron chi connectivity index (χ0n) is 30.7. The molecule has 294 valence electrons. The lowest BCUT2D eigenvalue weighted by molar-refractivity contribution is -0.139. The molecule has 1 aliphatic carbocycles. The van der Waals surface area contributed by atoms with Crippen LogP contribution in [0, 0.1) is 5.41 Å². The summed E-state index contributed by atoms with van der Waals surface area (Å²) in [7, 11) is 3.28. The molecular formula is C37H46ClF5N8O3. The number of ether oxygens (including phenoxy) is 2. The first-order chi connectivity index (χ1) is 25.4. The van der Waals surface area contributed by atoms with E-state index in [2.05, 4.69) is 11.5 Å². The maximum absolute atomic E-state index is 14.3. The van der Waals surface area contributed by atoms with Gasteiger partial charge in [0.15, 0.2) is 0 Å². The van der Waals surface area contributed by atoms with Gasteiger partial charge in [-0.15, -0.1) is 0 Å². The summed E-state index contributed by atoms with van der Waals surface area (Å²) in [6.45, 7) is 7.96. The smallest absolute Gasteiger partial charge is 0.418 e. The maximum Gasteiger partial charge on any atom is 0.418 e. The minimum absolute atomic E-state index is 0.0302. The Morgan fingerprint density at radius 2 is 1.89 bits per heavy atom. The first-order valence-corrected chi connectivity index (χ1v) is 18.3. The highest BCUT2D eigenvalue weighted by molar-refractivity contribution is 6.31. The van der Waals surface area contributed by atoms with Gasteiger partial charge < -0.3 is 30.7 Å². The van der Waals surface area contributed by atoms with Crippen LogP contribution in [-0.2, 0) is 28.7 Å². The van der Waals surface area contributed by atoms with E-state index in [-0.39, 0.29) is 47.4 Å². The summed E-state index contributed by atoms with van der Waals surface area (Å²) in [6.07, 6.45) is -1.08. The molecule has 5 aliphatic rings. The topological polar surface area (TPSA) is 135 Å². The normalized spacial score (nSPS) is 23.7. The van der Waals surface area contributed by atoms with Gasteiger partial charge in [-0.1, -0.05) is 11.6 Å². The number of carbonyl (C=O) groups excluding carboxylic acids is 1. The number of halogens is 6. The van der Waals surface area contributed by atoms with E-state index in [0.29, 0.717) is 66.4 Å². The van der Waals surface area contributed by atoms with Crippen LogP contribution in [0.15, 0.2) is 41.1 Å². The van der Waals surface area contributed by atoms with Crippen LogP contribution >= 0.6 is 11.6 Å². The fourth-order valence-corrected chi connectivity index (χ4v) is 8.59. The first kappa shape index (κ1) is 39.7. The van der Waals surface area contributed by atoms with Crippen molar-refractivity contribution in [3.8, 4) is 6.01 Å². The number of anilines is 2. The van der Waals surface area contributed by atoms with Crippen molar-refractivity contribution < 1.29 is 36.2 Å². The Bertz CT molecular complexity index is 1860. The second-order valence-corrected chi connectivity index (χ2v) is 15.5. The summed E-state index contributed by atoms with van der Waals surface area (Å²) in [5.41, 5.74) is 14.2. The Morgan fingerprint density at radius 3 is 2.56 bits per heavy atom. The molecule has 4 N–H and O–H groups in total. The van der Waals surface area contributed by atoms with Gasteiger partial charge in [0.2, 0.25) is 0 Å². The Morgan fingerprint density at radius 1 is 1.17 bits per heavy atom. The molecule has 1 amide bonds. The van der Waals surface area contributed by atoms with Gasteiger partial charge in [0, 0.05) is 57.0 Å². The summed E-state index contributed by atoms with van der Waals surface area (Å²) in [5.74, 6) is 0.256. The van der Waals surface area contributed by atoms with Crippen molar-refractivity contribution in [1.29, 1.82) is 0 Å². The largest absolute Gasteiger partial charge is 0.461 e. The van der Waals surface area contributed by atoms with Gasteiger partial charge in [0.1, 0.15) is 18.1 Å². The van der Waals surface area contributed by atoms with Crippen LogP contribution in [0.3, 0.4) is 0 Å². The van der Waals surface area contributed by atoms with Gasteiger partial charge in [0.25, 0.3) is 12.0 Å². The van der Waals surface area contributed by atoms with E-state index in [4.69, 9.17) is 47.5 Å². The van der Waals surface area contributed by atoms with Crippen molar-refractivity contribution in [2.75, 3.05) is 64.1 Å². The zero-order valence-corrected chi connectivity index (χ0v) is 31.4. The molecule has 11 nitrogen and oxygen atoms in total. The number of nitrogens with two attached hydrogens (primary N) is 2. The third-order valence-electron chi connectivity index (χ3n) is 11.0. The number of rotatable bonds is 7. The van der Waals surface area contributed by atoms with Crippen molar-refractivity contribution in [3.63, 3.8) is 0 Å². The number of hydrogen-bond acceptors (Lipinski definition) is 10. The van der Waals surface area contributed by atoms with Crippen molar-refractivity contribution >= 4 is 34.7 Å². The van der Waals surface area contributed by atoms with Gasteiger partial charge in [-0.3, -0.25) is 14.7 Å². The molecule has 17 heteroatoms. The van der Waals surface area contributed by atoms with Crippen molar-refractivity contribution in [1.82, 2.24) is 19.8 Å². The van der Waals surface area contributed by atoms with Crippen LogP contribution in [-0.4, -0.2) is 90.4 Å². The molecule has 2 saturated heterocycles. The van der Waals surface area contributed by atoms with Gasteiger partial charge >= 0.3 is 12.2 Å². The standard InChI is InChI=1S/C35H44ClF3N8O3.C2H2F2/c1-20(29(41)31(48)45(2)3)26-15-46(10-5-9-42-26)30-23-16-49-27(22-12-21(40)13-24(36)28(22)35(37,38)39)14-25(23)43-32(44-30)50-19-34-6-4-11-47(34)18-33(17-34)7-8-33;1-2(3)4/h12-13,27H,4-11,14-19,40-41H2,1-3H3;1H2/b29-20-;. The molecule has 1 spiro atoms. The maximum atomic E-state index is 14.3. The summed E-state index contributed by atoms with van der Waals surface area (Å²) in [4.78, 5) is 33.3. The highest BCUT2D eigenvalue weighted by atomic mass is 35.5. The SMILES string of the molecule is C/C(C1=NCCCN(c2nc(OCC34CCCN3CC3(CC3)C4)nc3c2COC(c2cc(N)cc(Cl)c2C(F)(F)F)C3)C1)=C(/N)C(=O)N(C)C.C=C(F)F. The van der Waals surface area contributed by atoms with Gasteiger partial charge in [0.05, 0.1) is 46.8 Å². The molecule has 0 bridgehead atoms. The van der Waals surface area contributed by atoms with E-state index in [0.717, 1.165) is 38.4 Å². The Labute approximate surface area is 316 Å². The van der Waals surface area contributed by atoms with Gasteiger partial charge in [-0.25, -0.2) is 0 Å². The first-order valence-electron chi connectivity index (χ1n) is 17.9. The molecule has 0 radical (unpaired) electrons. The highest BCUT2D eigenvalue weighted by Crippen LogP contribution is 2.60. The summed E-state index contributed by atoms with van der Waals surface area (Å²) < 4.78 is 75.8. The third kappa shape index (κ3) is 8.30. The van der Waals surface area contributed by atoms with Crippen LogP contribution in [0.5, 0.6) is 6.01 Å². The molecule has 54 heavy (non-hydrogen) atoms. The van der Waals surface area contributed by atoms with Crippen LogP contribution < -0.4 is 21.1 Å². The molecule has 3 fully saturated rings. The average Bonchev–Trinajstić information content (AvgIpc) is 3.72. The number of alkyl halides is 3. The quantitative estimate of drug-likeness (QED) is 0.188. The number of aromatic nitrogens is 2. The predicted molar refractivity (Wildman–Crippen MR) is 196 cm³/mol. The Balaban J connectivity index is 0.00000119. The van der Waals surface area contributed by atoms with Crippen molar-refractivity contribution in [3.05, 3.63) is 63.5 Å². The monoisotopic (exact) mass is 780 g/mol. The average molecular weight is 781 g/mol. The lowest BCUT2D eigenvalue weighted by Gasteiger charge is -2.33. The molecule has 1 aromatic heterocycles. The summed E-state index contributed by atoms with van der Waals surface area (Å²) >= 11 is 6.12. The molecule has 2 aromatic rings. The zero-order chi connectivity index (χ0) is 39.2. The predicted octanol–water partition coefficient (Wildman–Crippen LogP) is 6.31. The molecule has 1 saturated carbocycles. The highest BCUT2D eigenvalue weighted by Gasteiger charge is 2.60. The second-order valence-electron chi connectivity index (χ2n) is 15.1.